The van der Waals surface area contributed by atoms with Crippen molar-refractivity contribution in [3.05, 3.63) is 77.6 Å². The minimum absolute atomic E-state index is 0.0255. The average Bonchev–Trinajstić information content (AvgIpc) is 3.04. The minimum Gasteiger partial charge on any atom is -0.379 e. The summed E-state index contributed by atoms with van der Waals surface area (Å²) in [6, 6.07) is 14.5. The summed E-state index contributed by atoms with van der Waals surface area (Å²) in [6.45, 7) is 5.88. The van der Waals surface area contributed by atoms with E-state index in [1.54, 1.807) is 6.20 Å². The van der Waals surface area contributed by atoms with Gasteiger partial charge < -0.3 is 4.74 Å². The summed E-state index contributed by atoms with van der Waals surface area (Å²) in [7, 11) is 0. The van der Waals surface area contributed by atoms with Crippen LogP contribution in [0.1, 0.15) is 28.8 Å². The molecule has 1 atom stereocenters. The second-order valence-corrected chi connectivity index (χ2v) is 6.50. The summed E-state index contributed by atoms with van der Waals surface area (Å²) >= 11 is 0. The molecular formula is C20H23N5O. The Morgan fingerprint density at radius 2 is 1.88 bits per heavy atom. The Bertz CT molecular complexity index is 828. The second-order valence-electron chi connectivity index (χ2n) is 6.50. The van der Waals surface area contributed by atoms with Crippen molar-refractivity contribution in [2.24, 2.45) is 0 Å². The second kappa shape index (κ2) is 7.76. The van der Waals surface area contributed by atoms with Crippen LogP contribution in [0.5, 0.6) is 0 Å². The van der Waals surface area contributed by atoms with Crippen molar-refractivity contribution in [1.82, 2.24) is 24.6 Å². The number of nitrogens with zero attached hydrogens (tertiary/aromatic N) is 5. The summed E-state index contributed by atoms with van der Waals surface area (Å²) in [5.74, 6) is 1.75. The maximum Gasteiger partial charge on any atom is 0.149 e. The van der Waals surface area contributed by atoms with E-state index in [1.165, 1.54) is 5.56 Å². The van der Waals surface area contributed by atoms with Crippen LogP contribution in [0.2, 0.25) is 0 Å². The van der Waals surface area contributed by atoms with E-state index in [0.717, 1.165) is 43.5 Å². The molecule has 6 heteroatoms. The Hall–Kier alpha value is -2.57. The fourth-order valence-electron chi connectivity index (χ4n) is 3.44. The molecule has 1 aliphatic heterocycles. The normalized spacial score (nSPS) is 16.5. The van der Waals surface area contributed by atoms with Crippen LogP contribution < -0.4 is 0 Å². The van der Waals surface area contributed by atoms with Crippen molar-refractivity contribution in [1.29, 1.82) is 0 Å². The number of rotatable bonds is 5. The van der Waals surface area contributed by atoms with Gasteiger partial charge in [0.2, 0.25) is 0 Å². The van der Waals surface area contributed by atoms with Gasteiger partial charge >= 0.3 is 0 Å². The lowest BCUT2D eigenvalue weighted by Crippen LogP contribution is -2.40. The summed E-state index contributed by atoms with van der Waals surface area (Å²) in [5.41, 5.74) is 2.35. The van der Waals surface area contributed by atoms with Crippen LogP contribution in [0.4, 0.5) is 0 Å². The summed E-state index contributed by atoms with van der Waals surface area (Å²) in [6.07, 6.45) is 3.73. The van der Waals surface area contributed by atoms with Crippen LogP contribution in [0, 0.1) is 6.92 Å². The molecule has 0 spiro atoms. The highest BCUT2D eigenvalue weighted by Gasteiger charge is 2.29. The SMILES string of the molecule is Cc1nc(C(c2cccnc2)N2CCOCC2)n(Cc2ccccc2)n1. The van der Waals surface area contributed by atoms with E-state index in [4.69, 9.17) is 9.72 Å². The quantitative estimate of drug-likeness (QED) is 0.708. The molecule has 26 heavy (non-hydrogen) atoms. The fourth-order valence-corrected chi connectivity index (χ4v) is 3.44. The summed E-state index contributed by atoms with van der Waals surface area (Å²) in [4.78, 5) is 11.5. The zero-order valence-electron chi connectivity index (χ0n) is 15.0. The summed E-state index contributed by atoms with van der Waals surface area (Å²) in [5, 5.41) is 4.67. The van der Waals surface area contributed by atoms with Crippen LogP contribution in [-0.4, -0.2) is 51.0 Å². The molecule has 4 rings (SSSR count). The van der Waals surface area contributed by atoms with Gasteiger partial charge in [0, 0.05) is 25.5 Å². The molecule has 1 aromatic carbocycles. The number of aryl methyl sites for hydroxylation is 1. The molecular weight excluding hydrogens is 326 g/mol. The smallest absolute Gasteiger partial charge is 0.149 e. The van der Waals surface area contributed by atoms with Crippen LogP contribution in [-0.2, 0) is 11.3 Å². The van der Waals surface area contributed by atoms with Gasteiger partial charge in [-0.15, -0.1) is 0 Å². The first-order valence-corrected chi connectivity index (χ1v) is 8.98. The molecule has 0 radical (unpaired) electrons. The number of hydrogen-bond acceptors (Lipinski definition) is 5. The molecule has 1 fully saturated rings. The lowest BCUT2D eigenvalue weighted by atomic mass is 10.1. The molecule has 3 aromatic rings. The molecule has 0 bridgehead atoms. The molecule has 1 unspecified atom stereocenters. The predicted molar refractivity (Wildman–Crippen MR) is 98.8 cm³/mol. The fraction of sp³-hybridized carbons (Fsp3) is 0.350. The van der Waals surface area contributed by atoms with E-state index < -0.39 is 0 Å². The zero-order chi connectivity index (χ0) is 17.8. The van der Waals surface area contributed by atoms with Crippen molar-refractivity contribution in [3.8, 4) is 0 Å². The van der Waals surface area contributed by atoms with Crippen molar-refractivity contribution in [2.45, 2.75) is 19.5 Å². The van der Waals surface area contributed by atoms with E-state index in [-0.39, 0.29) is 6.04 Å². The number of aromatic nitrogens is 4. The number of benzene rings is 1. The Morgan fingerprint density at radius 1 is 1.08 bits per heavy atom. The van der Waals surface area contributed by atoms with Gasteiger partial charge in [0.1, 0.15) is 11.6 Å². The van der Waals surface area contributed by atoms with Gasteiger partial charge in [0.15, 0.2) is 0 Å². The topological polar surface area (TPSA) is 56.1 Å². The highest BCUT2D eigenvalue weighted by molar-refractivity contribution is 5.23. The van der Waals surface area contributed by atoms with Gasteiger partial charge in [-0.2, -0.15) is 5.10 Å². The van der Waals surface area contributed by atoms with Gasteiger partial charge in [-0.05, 0) is 24.1 Å². The molecule has 1 aliphatic rings. The number of hydrogen-bond donors (Lipinski definition) is 0. The number of morpholine rings is 1. The maximum atomic E-state index is 5.55. The molecule has 0 amide bonds. The Morgan fingerprint density at radius 3 is 2.62 bits per heavy atom. The molecule has 0 saturated carbocycles. The lowest BCUT2D eigenvalue weighted by Gasteiger charge is -2.34. The molecule has 1 saturated heterocycles. The molecule has 134 valence electrons. The Labute approximate surface area is 153 Å². The van der Waals surface area contributed by atoms with E-state index in [9.17, 15) is 0 Å². The van der Waals surface area contributed by atoms with Crippen molar-refractivity contribution < 1.29 is 4.74 Å². The zero-order valence-corrected chi connectivity index (χ0v) is 15.0. The third kappa shape index (κ3) is 3.66. The minimum atomic E-state index is 0.0255. The van der Waals surface area contributed by atoms with Crippen LogP contribution >= 0.6 is 0 Å². The number of pyridine rings is 1. The average molecular weight is 349 g/mol. The van der Waals surface area contributed by atoms with Gasteiger partial charge in [0.25, 0.3) is 0 Å². The van der Waals surface area contributed by atoms with Gasteiger partial charge in [-0.3, -0.25) is 9.88 Å². The lowest BCUT2D eigenvalue weighted by molar-refractivity contribution is 0.0216. The first-order chi connectivity index (χ1) is 12.8. The van der Waals surface area contributed by atoms with Crippen molar-refractivity contribution in [2.75, 3.05) is 26.3 Å². The van der Waals surface area contributed by atoms with Crippen LogP contribution in [0.15, 0.2) is 54.9 Å². The molecule has 6 nitrogen and oxygen atoms in total. The van der Waals surface area contributed by atoms with E-state index >= 15 is 0 Å². The standard InChI is InChI=1S/C20H23N5O/c1-16-22-20(25(23-16)15-17-6-3-2-4-7-17)19(18-8-5-9-21-14-18)24-10-12-26-13-11-24/h2-9,14,19H,10-13,15H2,1H3. The van der Waals surface area contributed by atoms with Crippen LogP contribution in [0.25, 0.3) is 0 Å². The van der Waals surface area contributed by atoms with E-state index in [1.807, 2.05) is 29.9 Å². The maximum absolute atomic E-state index is 5.55. The third-order valence-corrected chi connectivity index (χ3v) is 4.64. The highest BCUT2D eigenvalue weighted by Crippen LogP contribution is 2.28. The van der Waals surface area contributed by atoms with Crippen molar-refractivity contribution >= 4 is 0 Å². The van der Waals surface area contributed by atoms with Gasteiger partial charge in [0.05, 0.1) is 25.8 Å². The van der Waals surface area contributed by atoms with Gasteiger partial charge in [-0.1, -0.05) is 36.4 Å². The third-order valence-electron chi connectivity index (χ3n) is 4.64. The van der Waals surface area contributed by atoms with Crippen molar-refractivity contribution in [3.63, 3.8) is 0 Å². The Kier molecular flexibility index (Phi) is 5.04. The van der Waals surface area contributed by atoms with E-state index in [0.29, 0.717) is 6.54 Å². The monoisotopic (exact) mass is 349 g/mol. The molecule has 3 heterocycles. The largest absolute Gasteiger partial charge is 0.379 e. The molecule has 0 aliphatic carbocycles. The first kappa shape index (κ1) is 16.9. The molecule has 0 N–H and O–H groups in total. The first-order valence-electron chi connectivity index (χ1n) is 8.98. The highest BCUT2D eigenvalue weighted by atomic mass is 16.5. The number of ether oxygens (including phenoxy) is 1. The van der Waals surface area contributed by atoms with Gasteiger partial charge in [-0.25, -0.2) is 9.67 Å². The molecule has 2 aromatic heterocycles. The van der Waals surface area contributed by atoms with Crippen LogP contribution in [0.3, 0.4) is 0 Å². The predicted octanol–water partition coefficient (Wildman–Crippen LogP) is 2.45. The van der Waals surface area contributed by atoms with E-state index in [2.05, 4.69) is 45.3 Å². The Balaban J connectivity index is 1.73. The summed E-state index contributed by atoms with van der Waals surface area (Å²) < 4.78 is 7.58.